The molecular formula is C19H19Cl2N3O4. The maximum absolute atomic E-state index is 12.6. The zero-order chi connectivity index (χ0) is 20.8. The summed E-state index contributed by atoms with van der Waals surface area (Å²) in [6, 6.07) is 6.96. The zero-order valence-electron chi connectivity index (χ0n) is 15.7. The third-order valence-electron chi connectivity index (χ3n) is 3.83. The molecule has 0 aliphatic rings. The van der Waals surface area contributed by atoms with Crippen LogP contribution >= 0.6 is 23.2 Å². The molecule has 1 atom stereocenters. The quantitative estimate of drug-likeness (QED) is 0.501. The van der Waals surface area contributed by atoms with Gasteiger partial charge in [-0.15, -0.1) is 0 Å². The van der Waals surface area contributed by atoms with Crippen molar-refractivity contribution in [1.29, 1.82) is 0 Å². The average molecular weight is 424 g/mol. The standard InChI is InChI=1S/C19H19Cl2N3O4/c1-10-6-5-7-12(15(10)20)23-24-17(11(2)25)19(26)22-13-8-9-14(27-3)16(21)18(13)28-4/h5-9,17H,1-4H3,(H,22,26). The molecule has 2 aromatic carbocycles. The number of azo groups is 1. The topological polar surface area (TPSA) is 89.4 Å². The van der Waals surface area contributed by atoms with Crippen LogP contribution in [-0.4, -0.2) is 32.0 Å². The van der Waals surface area contributed by atoms with Crippen LogP contribution in [-0.2, 0) is 9.59 Å². The van der Waals surface area contributed by atoms with Gasteiger partial charge in [0.15, 0.2) is 11.5 Å². The number of carbonyl (C=O) groups excluding carboxylic acids is 2. The van der Waals surface area contributed by atoms with Crippen molar-refractivity contribution in [3.8, 4) is 11.5 Å². The lowest BCUT2D eigenvalue weighted by Gasteiger charge is -2.15. The molecule has 0 aromatic heterocycles. The monoisotopic (exact) mass is 423 g/mol. The number of hydrogen-bond donors (Lipinski definition) is 1. The minimum absolute atomic E-state index is 0.190. The molecule has 2 aromatic rings. The number of nitrogens with one attached hydrogen (secondary N) is 1. The highest BCUT2D eigenvalue weighted by molar-refractivity contribution is 6.34. The molecule has 1 amide bonds. The first-order valence-electron chi connectivity index (χ1n) is 8.17. The van der Waals surface area contributed by atoms with E-state index in [4.69, 9.17) is 32.7 Å². The highest BCUT2D eigenvalue weighted by atomic mass is 35.5. The van der Waals surface area contributed by atoms with Crippen LogP contribution in [0, 0.1) is 6.92 Å². The average Bonchev–Trinajstić information content (AvgIpc) is 2.65. The number of rotatable bonds is 7. The van der Waals surface area contributed by atoms with Crippen molar-refractivity contribution >= 4 is 46.3 Å². The Bertz CT molecular complexity index is 932. The van der Waals surface area contributed by atoms with Crippen LogP contribution in [0.2, 0.25) is 10.0 Å². The largest absolute Gasteiger partial charge is 0.495 e. The van der Waals surface area contributed by atoms with Gasteiger partial charge in [0, 0.05) is 0 Å². The van der Waals surface area contributed by atoms with Gasteiger partial charge >= 0.3 is 0 Å². The van der Waals surface area contributed by atoms with Crippen molar-refractivity contribution in [2.24, 2.45) is 10.2 Å². The van der Waals surface area contributed by atoms with Gasteiger partial charge in [-0.2, -0.15) is 10.2 Å². The number of carbonyl (C=O) groups is 2. The van der Waals surface area contributed by atoms with Gasteiger partial charge in [-0.1, -0.05) is 35.3 Å². The second-order valence-electron chi connectivity index (χ2n) is 5.79. The Hall–Kier alpha value is -2.64. The molecule has 0 saturated heterocycles. The summed E-state index contributed by atoms with van der Waals surface area (Å²) in [7, 11) is 2.86. The fourth-order valence-corrected chi connectivity index (χ4v) is 2.83. The first kappa shape index (κ1) is 21.7. The normalized spacial score (nSPS) is 11.9. The highest BCUT2D eigenvalue weighted by Crippen LogP contribution is 2.40. The lowest BCUT2D eigenvalue weighted by Crippen LogP contribution is -2.32. The molecule has 7 nitrogen and oxygen atoms in total. The predicted molar refractivity (Wildman–Crippen MR) is 108 cm³/mol. The molecule has 9 heteroatoms. The minimum atomic E-state index is -1.36. The molecule has 1 unspecified atom stereocenters. The van der Waals surface area contributed by atoms with Crippen LogP contribution in [0.15, 0.2) is 40.6 Å². The van der Waals surface area contributed by atoms with Gasteiger partial charge in [0.2, 0.25) is 6.04 Å². The van der Waals surface area contributed by atoms with E-state index in [0.29, 0.717) is 16.5 Å². The first-order valence-corrected chi connectivity index (χ1v) is 8.93. The van der Waals surface area contributed by atoms with Gasteiger partial charge < -0.3 is 14.8 Å². The number of halogens is 2. The molecular weight excluding hydrogens is 405 g/mol. The highest BCUT2D eigenvalue weighted by Gasteiger charge is 2.25. The Morgan fingerprint density at radius 2 is 1.79 bits per heavy atom. The van der Waals surface area contributed by atoms with Crippen LogP contribution < -0.4 is 14.8 Å². The summed E-state index contributed by atoms with van der Waals surface area (Å²) in [5, 5.41) is 11.0. The number of Topliss-reactive ketones (excluding diaryl/α,β-unsaturated/α-hetero) is 1. The maximum atomic E-state index is 12.6. The number of hydrogen-bond acceptors (Lipinski definition) is 6. The molecule has 28 heavy (non-hydrogen) atoms. The fourth-order valence-electron chi connectivity index (χ4n) is 2.34. The van der Waals surface area contributed by atoms with E-state index in [1.54, 1.807) is 24.3 Å². The molecule has 0 bridgehead atoms. The molecule has 0 aliphatic carbocycles. The van der Waals surface area contributed by atoms with Crippen LogP contribution in [0.5, 0.6) is 11.5 Å². The number of amides is 1. The van der Waals surface area contributed by atoms with Crippen LogP contribution in [0.25, 0.3) is 0 Å². The fraction of sp³-hybridized carbons (Fsp3) is 0.263. The number of ether oxygens (including phenoxy) is 2. The van der Waals surface area contributed by atoms with E-state index in [0.717, 1.165) is 5.56 Å². The van der Waals surface area contributed by atoms with Crippen LogP contribution in [0.4, 0.5) is 11.4 Å². The Labute approximate surface area is 172 Å². The molecule has 0 fully saturated rings. The lowest BCUT2D eigenvalue weighted by molar-refractivity contribution is -0.126. The SMILES string of the molecule is COc1ccc(NC(=O)C(N=Nc2cccc(C)c2Cl)C(C)=O)c(OC)c1Cl. The molecule has 0 aliphatic heterocycles. The maximum Gasteiger partial charge on any atom is 0.258 e. The van der Waals surface area contributed by atoms with Crippen molar-refractivity contribution in [2.75, 3.05) is 19.5 Å². The number of ketones is 1. The van der Waals surface area contributed by atoms with E-state index in [1.165, 1.54) is 21.1 Å². The molecule has 0 radical (unpaired) electrons. The van der Waals surface area contributed by atoms with Gasteiger partial charge in [-0.05, 0) is 37.6 Å². The number of nitrogens with zero attached hydrogens (tertiary/aromatic N) is 2. The van der Waals surface area contributed by atoms with Gasteiger partial charge in [0.25, 0.3) is 5.91 Å². The number of anilines is 1. The molecule has 1 N–H and O–H groups in total. The Morgan fingerprint density at radius 3 is 2.39 bits per heavy atom. The van der Waals surface area contributed by atoms with Gasteiger partial charge in [0.1, 0.15) is 16.5 Å². The molecule has 0 heterocycles. The summed E-state index contributed by atoms with van der Waals surface area (Å²) >= 11 is 12.4. The second kappa shape index (κ2) is 9.52. The number of benzene rings is 2. The van der Waals surface area contributed by atoms with Crippen molar-refractivity contribution < 1.29 is 19.1 Å². The molecule has 2 rings (SSSR count). The number of aryl methyl sites for hydroxylation is 1. The second-order valence-corrected chi connectivity index (χ2v) is 6.54. The lowest BCUT2D eigenvalue weighted by atomic mass is 10.2. The van der Waals surface area contributed by atoms with Crippen molar-refractivity contribution in [1.82, 2.24) is 0 Å². The smallest absolute Gasteiger partial charge is 0.258 e. The zero-order valence-corrected chi connectivity index (χ0v) is 17.3. The summed E-state index contributed by atoms with van der Waals surface area (Å²) in [5.41, 5.74) is 1.44. The van der Waals surface area contributed by atoms with Crippen molar-refractivity contribution in [3.05, 3.63) is 45.9 Å². The van der Waals surface area contributed by atoms with Crippen molar-refractivity contribution in [3.63, 3.8) is 0 Å². The van der Waals surface area contributed by atoms with E-state index in [9.17, 15) is 9.59 Å². The summed E-state index contributed by atoms with van der Waals surface area (Å²) in [5.74, 6) is -0.577. The first-order chi connectivity index (χ1) is 13.3. The van der Waals surface area contributed by atoms with E-state index >= 15 is 0 Å². The van der Waals surface area contributed by atoms with E-state index in [2.05, 4.69) is 15.5 Å². The van der Waals surface area contributed by atoms with Crippen LogP contribution in [0.3, 0.4) is 0 Å². The third-order valence-corrected chi connectivity index (χ3v) is 4.68. The summed E-state index contributed by atoms with van der Waals surface area (Å²) in [6.45, 7) is 3.07. The Kier molecular flexibility index (Phi) is 7.37. The van der Waals surface area contributed by atoms with E-state index in [-0.39, 0.29) is 16.5 Å². The van der Waals surface area contributed by atoms with Gasteiger partial charge in [0.05, 0.1) is 24.9 Å². The summed E-state index contributed by atoms with van der Waals surface area (Å²) in [6.07, 6.45) is 0. The molecule has 0 saturated carbocycles. The minimum Gasteiger partial charge on any atom is -0.495 e. The van der Waals surface area contributed by atoms with E-state index in [1.807, 2.05) is 13.0 Å². The number of methoxy groups -OCH3 is 2. The summed E-state index contributed by atoms with van der Waals surface area (Å²) < 4.78 is 10.4. The Balaban J connectivity index is 2.29. The van der Waals surface area contributed by atoms with Gasteiger partial charge in [-0.3, -0.25) is 9.59 Å². The third kappa shape index (κ3) is 4.79. The van der Waals surface area contributed by atoms with Crippen molar-refractivity contribution in [2.45, 2.75) is 19.9 Å². The predicted octanol–water partition coefficient (Wildman–Crippen LogP) is 5.00. The van der Waals surface area contributed by atoms with E-state index < -0.39 is 17.7 Å². The van der Waals surface area contributed by atoms with Gasteiger partial charge in [-0.25, -0.2) is 0 Å². The van der Waals surface area contributed by atoms with Crippen LogP contribution in [0.1, 0.15) is 12.5 Å². The molecule has 0 spiro atoms. The molecule has 148 valence electrons. The Morgan fingerprint density at radius 1 is 1.07 bits per heavy atom. The summed E-state index contributed by atoms with van der Waals surface area (Å²) in [4.78, 5) is 24.6.